The molecule has 0 aliphatic carbocycles. The fourth-order valence-electron chi connectivity index (χ4n) is 2.04. The number of H-pyrrole nitrogens is 1. The van der Waals surface area contributed by atoms with Crippen LogP contribution in [0.4, 0.5) is 0 Å². The van der Waals surface area contributed by atoms with Crippen molar-refractivity contribution >= 4 is 21.1 Å². The van der Waals surface area contributed by atoms with Crippen molar-refractivity contribution in [2.24, 2.45) is 0 Å². The van der Waals surface area contributed by atoms with Crippen molar-refractivity contribution in [3.63, 3.8) is 0 Å². The Morgan fingerprint density at radius 1 is 1.19 bits per heavy atom. The number of pyridine rings is 1. The molecule has 0 amide bonds. The molecule has 0 saturated carbocycles. The molecule has 2 heterocycles. The summed E-state index contributed by atoms with van der Waals surface area (Å²) in [5.41, 5.74) is 1.54. The molecule has 1 aromatic carbocycles. The summed E-state index contributed by atoms with van der Waals surface area (Å²) in [4.78, 5) is 7.26. The first-order valence-electron chi connectivity index (χ1n) is 6.26. The van der Waals surface area contributed by atoms with Gasteiger partial charge in [-0.1, -0.05) is 0 Å². The van der Waals surface area contributed by atoms with Gasteiger partial charge in [-0.05, 0) is 42.0 Å². The Kier molecular flexibility index (Phi) is 3.36. The number of aromatic hydroxyl groups is 1. The van der Waals surface area contributed by atoms with Crippen LogP contribution in [-0.4, -0.2) is 23.5 Å². The quantitative estimate of drug-likeness (QED) is 0.684. The predicted molar refractivity (Wildman–Crippen MR) is 78.2 cm³/mol. The van der Waals surface area contributed by atoms with Crippen LogP contribution in [-0.2, 0) is 16.6 Å². The van der Waals surface area contributed by atoms with E-state index < -0.39 is 10.0 Å². The standard InChI is InChI=1S/C14H13N3O3S/c18-11-3-5-12(6-4-11)21(19,20)17-9-10-8-16-14-13(10)2-1-7-15-14/h1-8,17-18H,9H2,(H,15,16). The Labute approximate surface area is 121 Å². The molecular weight excluding hydrogens is 290 g/mol. The lowest BCUT2D eigenvalue weighted by Crippen LogP contribution is -2.23. The first-order chi connectivity index (χ1) is 10.1. The van der Waals surface area contributed by atoms with E-state index in [1.807, 2.05) is 6.07 Å². The van der Waals surface area contributed by atoms with Crippen molar-refractivity contribution in [2.75, 3.05) is 0 Å². The molecule has 3 N–H and O–H groups in total. The second kappa shape index (κ2) is 5.19. The van der Waals surface area contributed by atoms with Crippen molar-refractivity contribution in [1.82, 2.24) is 14.7 Å². The van der Waals surface area contributed by atoms with Crippen molar-refractivity contribution in [2.45, 2.75) is 11.4 Å². The molecule has 2 aromatic heterocycles. The number of sulfonamides is 1. The minimum absolute atomic E-state index is 0.0247. The van der Waals surface area contributed by atoms with Gasteiger partial charge in [-0.25, -0.2) is 18.1 Å². The molecule has 0 fully saturated rings. The molecule has 108 valence electrons. The monoisotopic (exact) mass is 303 g/mol. The number of aromatic nitrogens is 2. The van der Waals surface area contributed by atoms with Crippen LogP contribution in [0, 0.1) is 0 Å². The summed E-state index contributed by atoms with van der Waals surface area (Å²) in [5.74, 6) is 0.0247. The molecule has 0 aliphatic heterocycles. The first-order valence-corrected chi connectivity index (χ1v) is 7.74. The van der Waals surface area contributed by atoms with E-state index in [-0.39, 0.29) is 17.2 Å². The summed E-state index contributed by atoms with van der Waals surface area (Å²) in [6.07, 6.45) is 3.40. The highest BCUT2D eigenvalue weighted by Gasteiger charge is 2.14. The van der Waals surface area contributed by atoms with Crippen molar-refractivity contribution < 1.29 is 13.5 Å². The normalized spacial score (nSPS) is 11.8. The summed E-state index contributed by atoms with van der Waals surface area (Å²) < 4.78 is 26.8. The zero-order chi connectivity index (χ0) is 14.9. The molecule has 0 spiro atoms. The molecule has 3 aromatic rings. The number of phenolic OH excluding ortho intramolecular Hbond substituents is 1. The highest BCUT2D eigenvalue weighted by atomic mass is 32.2. The Balaban J connectivity index is 1.82. The maximum atomic E-state index is 12.2. The number of hydrogen-bond acceptors (Lipinski definition) is 4. The summed E-state index contributed by atoms with van der Waals surface area (Å²) in [6.45, 7) is 0.162. The van der Waals surface area contributed by atoms with Crippen LogP contribution in [0.3, 0.4) is 0 Å². The van der Waals surface area contributed by atoms with E-state index in [9.17, 15) is 13.5 Å². The molecule has 0 radical (unpaired) electrons. The third-order valence-electron chi connectivity index (χ3n) is 3.14. The Hall–Kier alpha value is -2.38. The summed E-state index contributed by atoms with van der Waals surface area (Å²) in [5, 5.41) is 10.1. The number of benzene rings is 1. The van der Waals surface area contributed by atoms with Crippen LogP contribution in [0.5, 0.6) is 5.75 Å². The number of fused-ring (bicyclic) bond motifs is 1. The van der Waals surface area contributed by atoms with E-state index in [0.29, 0.717) is 0 Å². The Morgan fingerprint density at radius 3 is 2.71 bits per heavy atom. The Bertz CT molecular complexity index is 870. The predicted octanol–water partition coefficient (Wildman–Crippen LogP) is 1.75. The van der Waals surface area contributed by atoms with Crippen molar-refractivity contribution in [3.8, 4) is 5.75 Å². The van der Waals surface area contributed by atoms with Gasteiger partial charge in [-0.3, -0.25) is 0 Å². The number of rotatable bonds is 4. The number of aromatic amines is 1. The molecule has 3 rings (SSSR count). The summed E-state index contributed by atoms with van der Waals surface area (Å²) >= 11 is 0. The summed E-state index contributed by atoms with van der Waals surface area (Å²) in [6, 6.07) is 9.06. The first kappa shape index (κ1) is 13.6. The van der Waals surface area contributed by atoms with Crippen molar-refractivity contribution in [3.05, 3.63) is 54.4 Å². The zero-order valence-corrected chi connectivity index (χ0v) is 11.8. The van der Waals surface area contributed by atoms with Crippen LogP contribution in [0.15, 0.2) is 53.7 Å². The molecule has 0 atom stereocenters. The van der Waals surface area contributed by atoms with Gasteiger partial charge in [0, 0.05) is 24.3 Å². The molecule has 0 unspecified atom stereocenters. The van der Waals surface area contributed by atoms with Crippen molar-refractivity contribution in [1.29, 1.82) is 0 Å². The highest BCUT2D eigenvalue weighted by Crippen LogP contribution is 2.17. The highest BCUT2D eigenvalue weighted by molar-refractivity contribution is 7.89. The molecule has 0 aliphatic rings. The lowest BCUT2D eigenvalue weighted by Gasteiger charge is -2.06. The molecule has 0 bridgehead atoms. The number of nitrogens with one attached hydrogen (secondary N) is 2. The van der Waals surface area contributed by atoms with Gasteiger partial charge in [-0.2, -0.15) is 0 Å². The fraction of sp³-hybridized carbons (Fsp3) is 0.0714. The van der Waals surface area contributed by atoms with Gasteiger partial charge in [0.2, 0.25) is 10.0 Å². The second-order valence-corrected chi connectivity index (χ2v) is 6.30. The average Bonchev–Trinajstić information content (AvgIpc) is 2.89. The lowest BCUT2D eigenvalue weighted by molar-refractivity contribution is 0.474. The third kappa shape index (κ3) is 2.74. The van der Waals surface area contributed by atoms with E-state index in [0.717, 1.165) is 16.6 Å². The minimum atomic E-state index is -3.62. The summed E-state index contributed by atoms with van der Waals surface area (Å²) in [7, 11) is -3.62. The van der Waals surface area contributed by atoms with Gasteiger partial charge in [0.25, 0.3) is 0 Å². The van der Waals surface area contributed by atoms with Crippen LogP contribution < -0.4 is 4.72 Å². The van der Waals surface area contributed by atoms with Gasteiger partial charge >= 0.3 is 0 Å². The SMILES string of the molecule is O=S(=O)(NCc1c[nH]c2ncccc12)c1ccc(O)cc1. The van der Waals surface area contributed by atoms with E-state index in [1.165, 1.54) is 24.3 Å². The van der Waals surface area contributed by atoms with E-state index in [4.69, 9.17) is 0 Å². The van der Waals surface area contributed by atoms with Gasteiger partial charge in [0.05, 0.1) is 4.90 Å². The largest absolute Gasteiger partial charge is 0.508 e. The zero-order valence-electron chi connectivity index (χ0n) is 10.9. The van der Waals surface area contributed by atoms with Crippen LogP contribution in [0.2, 0.25) is 0 Å². The third-order valence-corrected chi connectivity index (χ3v) is 4.55. The van der Waals surface area contributed by atoms with Crippen LogP contribution >= 0.6 is 0 Å². The number of phenols is 1. The topological polar surface area (TPSA) is 95.1 Å². The number of hydrogen-bond donors (Lipinski definition) is 3. The van der Waals surface area contributed by atoms with Crippen LogP contribution in [0.25, 0.3) is 11.0 Å². The molecule has 0 saturated heterocycles. The maximum Gasteiger partial charge on any atom is 0.240 e. The van der Waals surface area contributed by atoms with Gasteiger partial charge in [-0.15, -0.1) is 0 Å². The lowest BCUT2D eigenvalue weighted by atomic mass is 10.2. The van der Waals surface area contributed by atoms with E-state index in [1.54, 1.807) is 18.5 Å². The average molecular weight is 303 g/mol. The number of nitrogens with zero attached hydrogens (tertiary/aromatic N) is 1. The molecule has 6 nitrogen and oxygen atoms in total. The van der Waals surface area contributed by atoms with Gasteiger partial charge in [0.15, 0.2) is 0 Å². The molecule has 21 heavy (non-hydrogen) atoms. The maximum absolute atomic E-state index is 12.2. The van der Waals surface area contributed by atoms with Crippen LogP contribution in [0.1, 0.15) is 5.56 Å². The van der Waals surface area contributed by atoms with E-state index >= 15 is 0 Å². The second-order valence-electron chi connectivity index (χ2n) is 4.53. The molecule has 7 heteroatoms. The molecular formula is C14H13N3O3S. The fourth-order valence-corrected chi connectivity index (χ4v) is 3.05. The minimum Gasteiger partial charge on any atom is -0.508 e. The van der Waals surface area contributed by atoms with Gasteiger partial charge < -0.3 is 10.1 Å². The van der Waals surface area contributed by atoms with Gasteiger partial charge in [0.1, 0.15) is 11.4 Å². The van der Waals surface area contributed by atoms with E-state index in [2.05, 4.69) is 14.7 Å². The smallest absolute Gasteiger partial charge is 0.240 e. The Morgan fingerprint density at radius 2 is 1.95 bits per heavy atom.